The Labute approximate surface area is 76.9 Å². The third kappa shape index (κ3) is 7.07. The molecule has 0 unspecified atom stereocenters. The third-order valence-electron chi connectivity index (χ3n) is 1.17. The average Bonchev–Trinajstić information content (AvgIpc) is 2.11. The van der Waals surface area contributed by atoms with Crippen molar-refractivity contribution in [2.75, 3.05) is 0 Å². The first-order valence-electron chi connectivity index (χ1n) is 4.32. The third-order valence-corrected chi connectivity index (χ3v) is 1.17. The number of hydrogen-bond acceptors (Lipinski definition) is 0. The molecule has 0 atom stereocenters. The summed E-state index contributed by atoms with van der Waals surface area (Å²) in [6, 6.07) is 8.45. The van der Waals surface area contributed by atoms with E-state index in [1.165, 1.54) is 11.1 Å². The fraction of sp³-hybridized carbons (Fsp3) is 0.333. The molecule has 0 heterocycles. The summed E-state index contributed by atoms with van der Waals surface area (Å²) < 4.78 is 0. The predicted octanol–water partition coefficient (Wildman–Crippen LogP) is 4.13. The predicted molar refractivity (Wildman–Crippen MR) is 58.5 cm³/mol. The molecular weight excluding hydrogens is 144 g/mol. The summed E-state index contributed by atoms with van der Waals surface area (Å²) in [5.74, 6) is 0. The van der Waals surface area contributed by atoms with Gasteiger partial charge in [0.25, 0.3) is 0 Å². The zero-order valence-electron chi connectivity index (χ0n) is 8.72. The maximum absolute atomic E-state index is 3.00. The van der Waals surface area contributed by atoms with Crippen LogP contribution in [0, 0.1) is 13.8 Å². The second-order valence-electron chi connectivity index (χ2n) is 2.16. The van der Waals surface area contributed by atoms with Crippen molar-refractivity contribution < 1.29 is 0 Å². The van der Waals surface area contributed by atoms with Crippen molar-refractivity contribution in [1.29, 1.82) is 0 Å². The highest BCUT2D eigenvalue weighted by atomic mass is 13.9. The molecule has 0 heteroatoms. The van der Waals surface area contributed by atoms with E-state index in [4.69, 9.17) is 0 Å². The van der Waals surface area contributed by atoms with Crippen LogP contribution in [-0.2, 0) is 0 Å². The van der Waals surface area contributed by atoms with Crippen LogP contribution in [0.5, 0.6) is 0 Å². The number of benzene rings is 1. The van der Waals surface area contributed by atoms with E-state index in [1.54, 1.807) is 0 Å². The van der Waals surface area contributed by atoms with E-state index in [-0.39, 0.29) is 0 Å². The second-order valence-corrected chi connectivity index (χ2v) is 2.16. The Morgan fingerprint density at radius 1 is 0.917 bits per heavy atom. The van der Waals surface area contributed by atoms with Gasteiger partial charge in [-0.2, -0.15) is 0 Å². The zero-order chi connectivity index (χ0) is 9.98. The summed E-state index contributed by atoms with van der Waals surface area (Å²) in [5, 5.41) is 0. The molecule has 1 aromatic carbocycles. The van der Waals surface area contributed by atoms with E-state index in [1.807, 2.05) is 13.8 Å². The lowest BCUT2D eigenvalue weighted by atomic mass is 10.2. The number of hydrogen-bond donors (Lipinski definition) is 0. The summed E-state index contributed by atoms with van der Waals surface area (Å²) in [6.07, 6.45) is 0. The lowest BCUT2D eigenvalue weighted by molar-refractivity contribution is 1.39. The lowest BCUT2D eigenvalue weighted by Crippen LogP contribution is -1.71. The van der Waals surface area contributed by atoms with Crippen LogP contribution in [-0.4, -0.2) is 0 Å². The van der Waals surface area contributed by atoms with Gasteiger partial charge in [-0.3, -0.25) is 0 Å². The molecule has 1 rings (SSSR count). The van der Waals surface area contributed by atoms with Crippen LogP contribution >= 0.6 is 0 Å². The molecule has 0 amide bonds. The minimum absolute atomic E-state index is 1.34. The molecule has 0 bridgehead atoms. The molecule has 0 aliphatic rings. The van der Waals surface area contributed by atoms with Crippen LogP contribution in [0.15, 0.2) is 37.4 Å². The normalized spacial score (nSPS) is 7.00. The van der Waals surface area contributed by atoms with Crippen molar-refractivity contribution in [1.82, 2.24) is 0 Å². The number of rotatable bonds is 0. The lowest BCUT2D eigenvalue weighted by Gasteiger charge is -1.90. The molecule has 1 aromatic rings. The zero-order valence-corrected chi connectivity index (χ0v) is 8.72. The highest BCUT2D eigenvalue weighted by Crippen LogP contribution is 2.00. The molecular formula is C12H20. The maximum Gasteiger partial charge on any atom is -0.0398 e. The van der Waals surface area contributed by atoms with Crippen LogP contribution in [0.1, 0.15) is 25.0 Å². The van der Waals surface area contributed by atoms with Gasteiger partial charge in [-0.1, -0.05) is 49.2 Å². The summed E-state index contributed by atoms with van der Waals surface area (Å²) in [4.78, 5) is 0. The summed E-state index contributed by atoms with van der Waals surface area (Å²) in [6.45, 7) is 14.2. The minimum atomic E-state index is 1.34. The van der Waals surface area contributed by atoms with Gasteiger partial charge in [0.2, 0.25) is 0 Å². The first-order valence-corrected chi connectivity index (χ1v) is 4.32. The Kier molecular flexibility index (Phi) is 11.2. The van der Waals surface area contributed by atoms with Gasteiger partial charge in [0.15, 0.2) is 0 Å². The molecule has 0 fully saturated rings. The highest BCUT2D eigenvalue weighted by molar-refractivity contribution is 5.20. The fourth-order valence-electron chi connectivity index (χ4n) is 0.807. The maximum atomic E-state index is 3.00. The molecule has 0 nitrogen and oxygen atoms in total. The summed E-state index contributed by atoms with van der Waals surface area (Å²) in [7, 11) is 0. The van der Waals surface area contributed by atoms with Crippen LogP contribution in [0.25, 0.3) is 0 Å². The van der Waals surface area contributed by atoms with Crippen molar-refractivity contribution in [2.24, 2.45) is 0 Å². The topological polar surface area (TPSA) is 0 Å². The Morgan fingerprint density at radius 2 is 1.25 bits per heavy atom. The molecule has 0 N–H and O–H groups in total. The van der Waals surface area contributed by atoms with Gasteiger partial charge in [0.05, 0.1) is 0 Å². The minimum Gasteiger partial charge on any atom is -0.106 e. The second kappa shape index (κ2) is 9.96. The number of aryl methyl sites for hydroxylation is 2. The molecule has 0 aliphatic carbocycles. The molecule has 0 saturated heterocycles. The van der Waals surface area contributed by atoms with Gasteiger partial charge >= 0.3 is 0 Å². The van der Waals surface area contributed by atoms with Crippen LogP contribution in [0.2, 0.25) is 0 Å². The molecule has 0 saturated carbocycles. The first kappa shape index (κ1) is 13.5. The summed E-state index contributed by atoms with van der Waals surface area (Å²) >= 11 is 0. The molecule has 0 aromatic heterocycles. The van der Waals surface area contributed by atoms with Gasteiger partial charge in [0, 0.05) is 0 Å². The Balaban J connectivity index is 0. The quantitative estimate of drug-likeness (QED) is 0.506. The van der Waals surface area contributed by atoms with Crippen LogP contribution in [0.4, 0.5) is 0 Å². The molecule has 0 aliphatic heterocycles. The van der Waals surface area contributed by atoms with Gasteiger partial charge in [-0.05, 0) is 13.8 Å². The van der Waals surface area contributed by atoms with Gasteiger partial charge in [-0.15, -0.1) is 13.2 Å². The molecule has 0 radical (unpaired) electrons. The highest BCUT2D eigenvalue weighted by Gasteiger charge is 1.80. The van der Waals surface area contributed by atoms with E-state index in [0.29, 0.717) is 0 Å². The smallest absolute Gasteiger partial charge is 0.0398 e. The van der Waals surface area contributed by atoms with Gasteiger partial charge < -0.3 is 0 Å². The molecule has 0 spiro atoms. The van der Waals surface area contributed by atoms with Crippen molar-refractivity contribution in [3.8, 4) is 0 Å². The van der Waals surface area contributed by atoms with Gasteiger partial charge in [-0.25, -0.2) is 0 Å². The summed E-state index contributed by atoms with van der Waals surface area (Å²) in [5.41, 5.74) is 2.68. The van der Waals surface area contributed by atoms with E-state index >= 15 is 0 Å². The van der Waals surface area contributed by atoms with Crippen molar-refractivity contribution in [2.45, 2.75) is 27.7 Å². The average molecular weight is 164 g/mol. The van der Waals surface area contributed by atoms with Crippen molar-refractivity contribution in [3.63, 3.8) is 0 Å². The first-order chi connectivity index (χ1) is 5.79. The van der Waals surface area contributed by atoms with Crippen molar-refractivity contribution >= 4 is 0 Å². The largest absolute Gasteiger partial charge is 0.106 e. The van der Waals surface area contributed by atoms with E-state index in [9.17, 15) is 0 Å². The van der Waals surface area contributed by atoms with Crippen molar-refractivity contribution in [3.05, 3.63) is 48.6 Å². The van der Waals surface area contributed by atoms with E-state index in [2.05, 4.69) is 51.3 Å². The monoisotopic (exact) mass is 164 g/mol. The van der Waals surface area contributed by atoms with Crippen LogP contribution in [0.3, 0.4) is 0 Å². The van der Waals surface area contributed by atoms with Gasteiger partial charge in [0.1, 0.15) is 0 Å². The fourth-order valence-corrected chi connectivity index (χ4v) is 0.807. The SMILES string of the molecule is C=C.CC.Cc1cccc(C)c1. The van der Waals surface area contributed by atoms with Crippen LogP contribution < -0.4 is 0 Å². The Bertz CT molecular complexity index is 172. The standard InChI is InChI=1S/C8H10.C2H6.C2H4/c1-7-4-3-5-8(2)6-7;2*1-2/h3-6H,1-2H3;1-2H3;1-2H2. The molecule has 12 heavy (non-hydrogen) atoms. The van der Waals surface area contributed by atoms with E-state index < -0.39 is 0 Å². The molecule has 68 valence electrons. The van der Waals surface area contributed by atoms with E-state index in [0.717, 1.165) is 0 Å². The Hall–Kier alpha value is -1.04. The Morgan fingerprint density at radius 3 is 1.42 bits per heavy atom.